The van der Waals surface area contributed by atoms with E-state index in [1.807, 2.05) is 13.0 Å². The molecule has 0 bridgehead atoms. The van der Waals surface area contributed by atoms with E-state index in [1.54, 1.807) is 23.2 Å². The average molecular weight is 287 g/mol. The van der Waals surface area contributed by atoms with Crippen LogP contribution in [-0.2, 0) is 4.79 Å². The topological polar surface area (TPSA) is 86.3 Å². The number of piperidine rings is 1. The van der Waals surface area contributed by atoms with Crippen LogP contribution in [0.2, 0.25) is 0 Å². The van der Waals surface area contributed by atoms with Crippen molar-refractivity contribution in [3.63, 3.8) is 0 Å². The van der Waals surface area contributed by atoms with E-state index >= 15 is 0 Å². The van der Waals surface area contributed by atoms with Crippen molar-refractivity contribution in [3.05, 3.63) is 30.0 Å². The van der Waals surface area contributed by atoms with Crippen molar-refractivity contribution in [1.29, 1.82) is 0 Å². The first kappa shape index (κ1) is 13.6. The summed E-state index contributed by atoms with van der Waals surface area (Å²) >= 11 is 0. The summed E-state index contributed by atoms with van der Waals surface area (Å²) in [7, 11) is 0. The fraction of sp³-hybridized carbons (Fsp3) is 0.400. The van der Waals surface area contributed by atoms with Crippen LogP contribution in [0.1, 0.15) is 30.1 Å². The number of carbonyl (C=O) groups is 2. The lowest BCUT2D eigenvalue weighted by Gasteiger charge is -2.36. The van der Waals surface area contributed by atoms with E-state index in [0.29, 0.717) is 24.9 Å². The summed E-state index contributed by atoms with van der Waals surface area (Å²) in [5.74, 6) is -1.17. The van der Waals surface area contributed by atoms with Crippen LogP contribution in [-0.4, -0.2) is 44.7 Å². The molecule has 2 heterocycles. The maximum absolute atomic E-state index is 12.6. The van der Waals surface area contributed by atoms with Crippen LogP contribution >= 0.6 is 0 Å². The Morgan fingerprint density at radius 2 is 2.24 bits per heavy atom. The molecule has 0 radical (unpaired) electrons. The highest BCUT2D eigenvalue weighted by molar-refractivity contribution is 5.98. The molecule has 1 aliphatic heterocycles. The molecule has 1 aliphatic rings. The minimum absolute atomic E-state index is 0.0529. The molecule has 110 valence electrons. The van der Waals surface area contributed by atoms with E-state index in [9.17, 15) is 9.59 Å². The minimum atomic E-state index is -0.771. The molecule has 2 atom stereocenters. The normalized spacial score (nSPS) is 22.4. The first-order chi connectivity index (χ1) is 10.1. The summed E-state index contributed by atoms with van der Waals surface area (Å²) in [5, 5.41) is 16.8. The van der Waals surface area contributed by atoms with Gasteiger partial charge in [0.05, 0.1) is 17.6 Å². The Bertz CT molecular complexity index is 694. The fourth-order valence-electron chi connectivity index (χ4n) is 2.93. The quantitative estimate of drug-likeness (QED) is 0.883. The van der Waals surface area contributed by atoms with Crippen LogP contribution in [0.4, 0.5) is 0 Å². The average Bonchev–Trinajstić information content (AvgIpc) is 2.93. The molecule has 0 spiro atoms. The van der Waals surface area contributed by atoms with Crippen molar-refractivity contribution < 1.29 is 14.7 Å². The molecule has 0 saturated carbocycles. The van der Waals surface area contributed by atoms with Crippen molar-refractivity contribution >= 4 is 22.8 Å². The second-order valence-electron chi connectivity index (χ2n) is 5.58. The van der Waals surface area contributed by atoms with Gasteiger partial charge < -0.3 is 10.0 Å². The van der Waals surface area contributed by atoms with Crippen LogP contribution in [0.25, 0.3) is 10.9 Å². The van der Waals surface area contributed by atoms with E-state index in [-0.39, 0.29) is 17.9 Å². The van der Waals surface area contributed by atoms with E-state index in [0.717, 1.165) is 10.9 Å². The molecule has 1 aromatic heterocycles. The summed E-state index contributed by atoms with van der Waals surface area (Å²) < 4.78 is 0. The minimum Gasteiger partial charge on any atom is -0.481 e. The van der Waals surface area contributed by atoms with Gasteiger partial charge in [-0.05, 0) is 31.9 Å². The van der Waals surface area contributed by atoms with E-state index in [2.05, 4.69) is 10.2 Å². The Balaban J connectivity index is 1.80. The number of hydrogen-bond donors (Lipinski definition) is 2. The molecule has 6 heteroatoms. The fourth-order valence-corrected chi connectivity index (χ4v) is 2.93. The summed E-state index contributed by atoms with van der Waals surface area (Å²) in [6.07, 6.45) is 2.73. The van der Waals surface area contributed by atoms with Crippen LogP contribution in [0.15, 0.2) is 24.4 Å². The van der Waals surface area contributed by atoms with E-state index in [4.69, 9.17) is 5.11 Å². The van der Waals surface area contributed by atoms with Crippen LogP contribution in [0, 0.1) is 5.92 Å². The number of carboxylic acid groups (broad SMARTS) is 1. The predicted molar refractivity (Wildman–Crippen MR) is 77.0 cm³/mol. The van der Waals surface area contributed by atoms with Gasteiger partial charge in [0.1, 0.15) is 0 Å². The van der Waals surface area contributed by atoms with Gasteiger partial charge in [-0.2, -0.15) is 5.10 Å². The molecule has 2 unspecified atom stereocenters. The Kier molecular flexibility index (Phi) is 3.37. The lowest BCUT2D eigenvalue weighted by molar-refractivity contribution is -0.143. The Morgan fingerprint density at radius 3 is 2.95 bits per heavy atom. The number of amides is 1. The maximum atomic E-state index is 12.6. The van der Waals surface area contributed by atoms with Gasteiger partial charge >= 0.3 is 5.97 Å². The number of H-pyrrole nitrogens is 1. The number of nitrogens with one attached hydrogen (secondary N) is 1. The Labute approximate surface area is 121 Å². The SMILES string of the molecule is CC1CC(C(=O)O)CCN1C(=O)c1ccc2cn[nH]c2c1. The summed E-state index contributed by atoms with van der Waals surface area (Å²) in [6.45, 7) is 2.39. The number of benzene rings is 1. The number of likely N-dealkylation sites (tertiary alicyclic amines) is 1. The van der Waals surface area contributed by atoms with Crippen molar-refractivity contribution in [3.8, 4) is 0 Å². The second-order valence-corrected chi connectivity index (χ2v) is 5.58. The third kappa shape index (κ3) is 2.49. The molecular weight excluding hydrogens is 270 g/mol. The van der Waals surface area contributed by atoms with Gasteiger partial charge in [-0.1, -0.05) is 6.07 Å². The number of carboxylic acids is 1. The van der Waals surface area contributed by atoms with Crippen molar-refractivity contribution in [2.45, 2.75) is 25.8 Å². The largest absolute Gasteiger partial charge is 0.481 e. The smallest absolute Gasteiger partial charge is 0.306 e. The van der Waals surface area contributed by atoms with Crippen LogP contribution < -0.4 is 0 Å². The summed E-state index contributed by atoms with van der Waals surface area (Å²) in [4.78, 5) is 25.4. The summed E-state index contributed by atoms with van der Waals surface area (Å²) in [6, 6.07) is 5.38. The van der Waals surface area contributed by atoms with Gasteiger partial charge in [0.2, 0.25) is 0 Å². The van der Waals surface area contributed by atoms with Gasteiger partial charge in [0.15, 0.2) is 0 Å². The van der Waals surface area contributed by atoms with E-state index < -0.39 is 5.97 Å². The third-order valence-corrected chi connectivity index (χ3v) is 4.18. The molecule has 1 saturated heterocycles. The Hall–Kier alpha value is -2.37. The molecule has 6 nitrogen and oxygen atoms in total. The molecule has 2 N–H and O–H groups in total. The molecule has 21 heavy (non-hydrogen) atoms. The third-order valence-electron chi connectivity index (χ3n) is 4.18. The van der Waals surface area contributed by atoms with Crippen molar-refractivity contribution in [2.24, 2.45) is 5.92 Å². The first-order valence-electron chi connectivity index (χ1n) is 7.03. The second kappa shape index (κ2) is 5.20. The highest BCUT2D eigenvalue weighted by atomic mass is 16.4. The van der Waals surface area contributed by atoms with Crippen molar-refractivity contribution in [2.75, 3.05) is 6.54 Å². The van der Waals surface area contributed by atoms with Gasteiger partial charge in [0, 0.05) is 23.5 Å². The molecule has 3 rings (SSSR count). The number of hydrogen-bond acceptors (Lipinski definition) is 3. The molecule has 1 aromatic carbocycles. The molecule has 1 amide bonds. The first-order valence-corrected chi connectivity index (χ1v) is 7.03. The number of rotatable bonds is 2. The standard InChI is InChI=1S/C15H17N3O3/c1-9-6-11(15(20)21)4-5-18(9)14(19)10-2-3-12-8-16-17-13(12)7-10/h2-3,7-9,11H,4-6H2,1H3,(H,16,17)(H,20,21). The van der Waals surface area contributed by atoms with E-state index in [1.165, 1.54) is 0 Å². The van der Waals surface area contributed by atoms with Crippen LogP contribution in [0.5, 0.6) is 0 Å². The lowest BCUT2D eigenvalue weighted by atomic mass is 9.91. The number of carbonyl (C=O) groups excluding carboxylic acids is 1. The number of aromatic nitrogens is 2. The number of aliphatic carboxylic acids is 1. The zero-order valence-corrected chi connectivity index (χ0v) is 11.7. The molecule has 2 aromatic rings. The molecule has 1 fully saturated rings. The summed E-state index contributed by atoms with van der Waals surface area (Å²) in [5.41, 5.74) is 1.43. The van der Waals surface area contributed by atoms with Gasteiger partial charge in [0.25, 0.3) is 5.91 Å². The predicted octanol–water partition coefficient (Wildman–Crippen LogP) is 1.89. The zero-order chi connectivity index (χ0) is 15.0. The van der Waals surface area contributed by atoms with Crippen molar-refractivity contribution in [1.82, 2.24) is 15.1 Å². The monoisotopic (exact) mass is 287 g/mol. The Morgan fingerprint density at radius 1 is 1.43 bits per heavy atom. The highest BCUT2D eigenvalue weighted by Crippen LogP contribution is 2.25. The zero-order valence-electron chi connectivity index (χ0n) is 11.7. The molecular formula is C15H17N3O3. The maximum Gasteiger partial charge on any atom is 0.306 e. The van der Waals surface area contributed by atoms with Gasteiger partial charge in [-0.15, -0.1) is 0 Å². The van der Waals surface area contributed by atoms with Crippen LogP contribution in [0.3, 0.4) is 0 Å². The highest BCUT2D eigenvalue weighted by Gasteiger charge is 2.32. The number of aromatic amines is 1. The number of nitrogens with zero attached hydrogens (tertiary/aromatic N) is 2. The molecule has 0 aliphatic carbocycles. The lowest BCUT2D eigenvalue weighted by Crippen LogP contribution is -2.46. The number of fused-ring (bicyclic) bond motifs is 1. The van der Waals surface area contributed by atoms with Gasteiger partial charge in [-0.25, -0.2) is 0 Å². The van der Waals surface area contributed by atoms with Gasteiger partial charge in [-0.3, -0.25) is 14.7 Å².